The first-order valence-corrected chi connectivity index (χ1v) is 8.04. The minimum absolute atomic E-state index is 0.0295. The Morgan fingerprint density at radius 2 is 1.90 bits per heavy atom. The average Bonchev–Trinajstić information content (AvgIpc) is 3.14. The van der Waals surface area contributed by atoms with E-state index < -0.39 is 0 Å². The Bertz CT molecular complexity index is 447. The minimum Gasteiger partial charge on any atom is -0.325 e. The molecule has 4 heteroatoms. The van der Waals surface area contributed by atoms with Gasteiger partial charge in [0.05, 0.1) is 6.54 Å². The van der Waals surface area contributed by atoms with Crippen LogP contribution in [0.25, 0.3) is 0 Å². The molecular formula is C16H24N2OS. The summed E-state index contributed by atoms with van der Waals surface area (Å²) >= 11 is 1.83. The van der Waals surface area contributed by atoms with Gasteiger partial charge in [0.1, 0.15) is 0 Å². The van der Waals surface area contributed by atoms with Crippen LogP contribution < -0.4 is 10.6 Å². The van der Waals surface area contributed by atoms with Crippen LogP contribution in [0.4, 0.5) is 5.69 Å². The molecule has 1 aromatic rings. The summed E-state index contributed by atoms with van der Waals surface area (Å²) < 4.78 is 0.206. The van der Waals surface area contributed by atoms with Gasteiger partial charge >= 0.3 is 0 Å². The molecule has 1 aliphatic rings. The highest BCUT2D eigenvalue weighted by atomic mass is 32.2. The van der Waals surface area contributed by atoms with E-state index in [0.29, 0.717) is 6.54 Å². The SMILES string of the molecule is CC(C)(C)Sc1ccc(NC(=O)CNCC2CC2)cc1. The lowest BCUT2D eigenvalue weighted by Crippen LogP contribution is -2.29. The summed E-state index contributed by atoms with van der Waals surface area (Å²) in [6.45, 7) is 7.94. The van der Waals surface area contributed by atoms with Gasteiger partial charge < -0.3 is 10.6 Å². The third-order valence-electron chi connectivity index (χ3n) is 2.98. The fourth-order valence-corrected chi connectivity index (χ4v) is 2.86. The number of carbonyl (C=O) groups excluding carboxylic acids is 1. The van der Waals surface area contributed by atoms with Crippen molar-refractivity contribution in [3.05, 3.63) is 24.3 Å². The van der Waals surface area contributed by atoms with Gasteiger partial charge in [0, 0.05) is 15.3 Å². The summed E-state index contributed by atoms with van der Waals surface area (Å²) in [6, 6.07) is 8.05. The molecule has 3 nitrogen and oxygen atoms in total. The molecular weight excluding hydrogens is 268 g/mol. The Labute approximate surface area is 125 Å². The fourth-order valence-electron chi connectivity index (χ4n) is 1.88. The van der Waals surface area contributed by atoms with Crippen LogP contribution in [0.5, 0.6) is 0 Å². The molecule has 0 saturated heterocycles. The maximum atomic E-state index is 11.7. The second-order valence-corrected chi connectivity index (χ2v) is 8.26. The summed E-state index contributed by atoms with van der Waals surface area (Å²) in [7, 11) is 0. The van der Waals surface area contributed by atoms with Gasteiger partial charge in [-0.15, -0.1) is 11.8 Å². The Morgan fingerprint density at radius 3 is 2.45 bits per heavy atom. The normalized spacial score (nSPS) is 15.2. The van der Waals surface area contributed by atoms with E-state index in [-0.39, 0.29) is 10.7 Å². The van der Waals surface area contributed by atoms with Crippen LogP contribution in [-0.4, -0.2) is 23.7 Å². The Kier molecular flexibility index (Phi) is 5.11. The molecule has 0 heterocycles. The largest absolute Gasteiger partial charge is 0.325 e. The van der Waals surface area contributed by atoms with E-state index in [1.54, 1.807) is 0 Å². The number of thioether (sulfide) groups is 1. The molecule has 0 unspecified atom stereocenters. The number of rotatable bonds is 6. The topological polar surface area (TPSA) is 41.1 Å². The third-order valence-corrected chi connectivity index (χ3v) is 4.10. The summed E-state index contributed by atoms with van der Waals surface area (Å²) in [5, 5.41) is 6.11. The Hall–Kier alpha value is -1.00. The third kappa shape index (κ3) is 5.97. The number of carbonyl (C=O) groups is 1. The van der Waals surface area contributed by atoms with Crippen LogP contribution >= 0.6 is 11.8 Å². The van der Waals surface area contributed by atoms with Gasteiger partial charge in [-0.1, -0.05) is 20.8 Å². The average molecular weight is 292 g/mol. The number of anilines is 1. The first-order chi connectivity index (χ1) is 9.42. The van der Waals surface area contributed by atoms with Crippen LogP contribution in [0.1, 0.15) is 33.6 Å². The van der Waals surface area contributed by atoms with Gasteiger partial charge in [0.25, 0.3) is 0 Å². The molecule has 1 aromatic carbocycles. The molecule has 0 bridgehead atoms. The quantitative estimate of drug-likeness (QED) is 0.788. The fraction of sp³-hybridized carbons (Fsp3) is 0.562. The van der Waals surface area contributed by atoms with Crippen molar-refractivity contribution in [2.24, 2.45) is 5.92 Å². The molecule has 1 fully saturated rings. The number of hydrogen-bond acceptors (Lipinski definition) is 3. The molecule has 20 heavy (non-hydrogen) atoms. The van der Waals surface area contributed by atoms with E-state index in [1.165, 1.54) is 17.7 Å². The van der Waals surface area contributed by atoms with Crippen LogP contribution in [0, 0.1) is 5.92 Å². The van der Waals surface area contributed by atoms with Gasteiger partial charge in [0.2, 0.25) is 5.91 Å². The molecule has 0 radical (unpaired) electrons. The van der Waals surface area contributed by atoms with Crippen LogP contribution in [0.2, 0.25) is 0 Å². The zero-order chi connectivity index (χ0) is 14.6. The molecule has 0 aliphatic heterocycles. The van der Waals surface area contributed by atoms with Crippen molar-refractivity contribution in [2.45, 2.75) is 43.3 Å². The smallest absolute Gasteiger partial charge is 0.238 e. The molecule has 0 atom stereocenters. The van der Waals surface area contributed by atoms with E-state index in [4.69, 9.17) is 0 Å². The molecule has 2 N–H and O–H groups in total. The Balaban J connectivity index is 1.75. The van der Waals surface area contributed by atoms with E-state index >= 15 is 0 Å². The highest BCUT2D eigenvalue weighted by molar-refractivity contribution is 8.00. The van der Waals surface area contributed by atoms with Gasteiger partial charge in [-0.25, -0.2) is 0 Å². The van der Waals surface area contributed by atoms with Gasteiger partial charge in [0.15, 0.2) is 0 Å². The zero-order valence-corrected chi connectivity index (χ0v) is 13.3. The first kappa shape index (κ1) is 15.4. The summed E-state index contributed by atoms with van der Waals surface area (Å²) in [5.74, 6) is 0.832. The lowest BCUT2D eigenvalue weighted by Gasteiger charge is -2.17. The second kappa shape index (κ2) is 6.64. The van der Waals surface area contributed by atoms with Crippen molar-refractivity contribution in [1.82, 2.24) is 5.32 Å². The lowest BCUT2D eigenvalue weighted by atomic mass is 10.3. The zero-order valence-electron chi connectivity index (χ0n) is 12.5. The molecule has 110 valence electrons. The predicted molar refractivity (Wildman–Crippen MR) is 86.3 cm³/mol. The van der Waals surface area contributed by atoms with Crippen molar-refractivity contribution in [2.75, 3.05) is 18.4 Å². The Morgan fingerprint density at radius 1 is 1.25 bits per heavy atom. The molecule has 0 spiro atoms. The van der Waals surface area contributed by atoms with E-state index in [1.807, 2.05) is 23.9 Å². The molecule has 0 aromatic heterocycles. The van der Waals surface area contributed by atoms with Crippen molar-refractivity contribution in [3.8, 4) is 0 Å². The summed E-state index contributed by atoms with van der Waals surface area (Å²) in [5.41, 5.74) is 0.862. The number of benzene rings is 1. The van der Waals surface area contributed by atoms with Crippen molar-refractivity contribution >= 4 is 23.4 Å². The van der Waals surface area contributed by atoms with Gasteiger partial charge in [-0.2, -0.15) is 0 Å². The van der Waals surface area contributed by atoms with Crippen molar-refractivity contribution in [3.63, 3.8) is 0 Å². The number of nitrogens with one attached hydrogen (secondary N) is 2. The van der Waals surface area contributed by atoms with E-state index in [2.05, 4.69) is 43.5 Å². The summed E-state index contributed by atoms with van der Waals surface area (Å²) in [6.07, 6.45) is 2.61. The highest BCUT2D eigenvalue weighted by Gasteiger charge is 2.20. The summed E-state index contributed by atoms with van der Waals surface area (Å²) in [4.78, 5) is 13.0. The first-order valence-electron chi connectivity index (χ1n) is 7.22. The predicted octanol–water partition coefficient (Wildman–Crippen LogP) is 3.52. The molecule has 1 aliphatic carbocycles. The molecule has 1 amide bonds. The van der Waals surface area contributed by atoms with Gasteiger partial charge in [-0.3, -0.25) is 4.79 Å². The maximum Gasteiger partial charge on any atom is 0.238 e. The van der Waals surface area contributed by atoms with Crippen molar-refractivity contribution in [1.29, 1.82) is 0 Å². The van der Waals surface area contributed by atoms with Crippen LogP contribution in [-0.2, 0) is 4.79 Å². The molecule has 2 rings (SSSR count). The van der Waals surface area contributed by atoms with Crippen LogP contribution in [0.15, 0.2) is 29.2 Å². The molecule has 1 saturated carbocycles. The van der Waals surface area contributed by atoms with E-state index in [9.17, 15) is 4.79 Å². The monoisotopic (exact) mass is 292 g/mol. The lowest BCUT2D eigenvalue weighted by molar-refractivity contribution is -0.115. The highest BCUT2D eigenvalue weighted by Crippen LogP contribution is 2.32. The van der Waals surface area contributed by atoms with Crippen LogP contribution in [0.3, 0.4) is 0 Å². The van der Waals surface area contributed by atoms with E-state index in [0.717, 1.165) is 18.2 Å². The second-order valence-electron chi connectivity index (χ2n) is 6.36. The van der Waals surface area contributed by atoms with Crippen molar-refractivity contribution < 1.29 is 4.79 Å². The minimum atomic E-state index is 0.0295. The standard InChI is InChI=1S/C16H24N2OS/c1-16(2,3)20-14-8-6-13(7-9-14)18-15(19)11-17-10-12-4-5-12/h6-9,12,17H,4-5,10-11H2,1-3H3,(H,18,19). The van der Waals surface area contributed by atoms with Gasteiger partial charge in [-0.05, 0) is 49.6 Å². The number of amides is 1. The number of hydrogen-bond donors (Lipinski definition) is 2. The maximum absolute atomic E-state index is 11.7.